The van der Waals surface area contributed by atoms with Crippen LogP contribution in [-0.2, 0) is 30.4 Å². The Morgan fingerprint density at radius 2 is 1.45 bits per heavy atom. The summed E-state index contributed by atoms with van der Waals surface area (Å²) < 4.78 is 15.9. The minimum atomic E-state index is -0.204. The van der Waals surface area contributed by atoms with Crippen molar-refractivity contribution in [3.8, 4) is 11.5 Å². The van der Waals surface area contributed by atoms with E-state index in [2.05, 4.69) is 40.7 Å². The van der Waals surface area contributed by atoms with E-state index in [0.717, 1.165) is 111 Å². The lowest BCUT2D eigenvalue weighted by Crippen LogP contribution is -2.45. The summed E-state index contributed by atoms with van der Waals surface area (Å²) in [6, 6.07) is 13.1. The van der Waals surface area contributed by atoms with E-state index in [9.17, 15) is 4.79 Å². The average molecular weight is 660 g/mol. The summed E-state index contributed by atoms with van der Waals surface area (Å²) in [5.41, 5.74) is 11.0. The molecule has 0 unspecified atom stereocenters. The molecule has 5 nitrogen and oxygen atoms in total. The van der Waals surface area contributed by atoms with Gasteiger partial charge in [-0.3, -0.25) is 0 Å². The fourth-order valence-corrected chi connectivity index (χ4v) is 9.52. The number of hydrogen-bond donors (Lipinski definition) is 0. The number of fused-ring (bicyclic) bond motifs is 4. The number of nitrogens with zero attached hydrogens (tertiary/aromatic N) is 2. The molecule has 8 rings (SSSR count). The van der Waals surface area contributed by atoms with Crippen molar-refractivity contribution in [2.24, 2.45) is 0 Å². The summed E-state index contributed by atoms with van der Waals surface area (Å²) in [5.74, 6) is 1.86. The van der Waals surface area contributed by atoms with Crippen LogP contribution < -0.4 is 24.8 Å². The Balaban J connectivity index is 1.14. The number of esters is 1. The largest absolute Gasteiger partial charge is 0.462 e. The van der Waals surface area contributed by atoms with E-state index in [1.807, 2.05) is 12.1 Å². The first-order chi connectivity index (χ1) is 24.2. The first-order valence-corrected chi connectivity index (χ1v) is 19.9. The quantitative estimate of drug-likeness (QED) is 0.0825. The van der Waals surface area contributed by atoms with Crippen LogP contribution in [0.15, 0.2) is 36.4 Å². The Morgan fingerprint density at radius 1 is 0.755 bits per heavy atom. The Labute approximate surface area is 293 Å². The van der Waals surface area contributed by atoms with Crippen molar-refractivity contribution >= 4 is 17.2 Å². The van der Waals surface area contributed by atoms with E-state index in [1.54, 1.807) is 0 Å². The van der Waals surface area contributed by atoms with Crippen LogP contribution >= 0.6 is 0 Å². The molecule has 258 valence electrons. The molecule has 5 heterocycles. The molecule has 5 aliphatic heterocycles. The highest BCUT2D eigenvalue weighted by atomic mass is 16.5. The summed E-state index contributed by atoms with van der Waals surface area (Å²) in [6.45, 7) is 7.29. The molecule has 3 aromatic carbocycles. The molecule has 0 saturated heterocycles. The molecule has 49 heavy (non-hydrogen) atoms. The van der Waals surface area contributed by atoms with Crippen molar-refractivity contribution < 1.29 is 14.3 Å². The molecule has 0 bridgehead atoms. The van der Waals surface area contributed by atoms with Gasteiger partial charge in [-0.1, -0.05) is 82.9 Å². The maximum atomic E-state index is 13.9. The van der Waals surface area contributed by atoms with Crippen LogP contribution in [0, 0.1) is 0 Å². The molecular weight excluding hydrogens is 604 g/mol. The van der Waals surface area contributed by atoms with Gasteiger partial charge in [0.25, 0.3) is 0 Å². The highest BCUT2D eigenvalue weighted by molar-refractivity contribution is 6.00. The molecule has 0 aliphatic carbocycles. The number of rotatable bonds is 13. The molecule has 0 amide bonds. The van der Waals surface area contributed by atoms with Gasteiger partial charge in [0, 0.05) is 59.1 Å². The second-order valence-corrected chi connectivity index (χ2v) is 15.2. The van der Waals surface area contributed by atoms with Crippen molar-refractivity contribution in [3.63, 3.8) is 0 Å². The molecule has 5 heteroatoms. The number of benzene rings is 3. The summed E-state index contributed by atoms with van der Waals surface area (Å²) in [7, 11) is 0. The fourth-order valence-electron chi connectivity index (χ4n) is 9.52. The molecule has 0 radical (unpaired) electrons. The zero-order valence-corrected chi connectivity index (χ0v) is 29.8. The van der Waals surface area contributed by atoms with Gasteiger partial charge in [-0.2, -0.15) is 0 Å². The lowest BCUT2D eigenvalue weighted by Gasteiger charge is -2.39. The Morgan fingerprint density at radius 3 is 2.27 bits per heavy atom. The first kappa shape index (κ1) is 32.6. The molecule has 0 atom stereocenters. The smallest absolute Gasteiger partial charge is 0.338 e. The number of aryl methyl sites for hydroxylation is 2. The molecule has 0 aromatic heterocycles. The molecule has 0 spiro atoms. The number of ether oxygens (including phenoxy) is 2. The van der Waals surface area contributed by atoms with Gasteiger partial charge in [-0.05, 0) is 74.3 Å². The van der Waals surface area contributed by atoms with Gasteiger partial charge in [-0.25, -0.2) is 9.37 Å². The Hall–Kier alpha value is -3.60. The van der Waals surface area contributed by atoms with Gasteiger partial charge >= 0.3 is 5.97 Å². The summed E-state index contributed by atoms with van der Waals surface area (Å²) in [6.07, 6.45) is 21.6. The number of unbranched alkanes of at least 4 members (excludes halogenated alkanes) is 9. The molecule has 0 N–H and O–H groups in total. The van der Waals surface area contributed by atoms with Crippen molar-refractivity contribution in [3.05, 3.63) is 85.9 Å². The highest BCUT2D eigenvalue weighted by Crippen LogP contribution is 2.48. The fraction of sp³-hybridized carbons (Fsp3) is 0.545. The third-order valence-electron chi connectivity index (χ3n) is 11.8. The monoisotopic (exact) mass is 659 g/mol. The third-order valence-corrected chi connectivity index (χ3v) is 11.8. The van der Waals surface area contributed by atoms with Crippen molar-refractivity contribution in [1.29, 1.82) is 0 Å². The standard InChI is InChI=1S/C44H55N2O3/c1-2-3-4-5-6-7-8-9-10-13-28-48-44(47)34-21-12-11-20-33(34)39-37-29-31-18-14-24-45-26-16-22-35(40(31)45)42(37)49-43-36-23-17-27-46-25-15-19-32(41(36)46)30-38(39)43/h11-12,20-21,29-30H,2-10,13-19,22-28H2,1H3/q+1. The highest BCUT2D eigenvalue weighted by Gasteiger charge is 2.36. The molecular formula is C44H55N2O3+. The molecule has 3 aromatic rings. The van der Waals surface area contributed by atoms with Crippen LogP contribution in [0.4, 0.5) is 5.69 Å². The second-order valence-electron chi connectivity index (χ2n) is 15.2. The van der Waals surface area contributed by atoms with Crippen LogP contribution in [0.5, 0.6) is 11.5 Å². The van der Waals surface area contributed by atoms with Crippen LogP contribution in [0.1, 0.15) is 141 Å². The number of anilines is 1. The van der Waals surface area contributed by atoms with Crippen LogP contribution in [0.3, 0.4) is 0 Å². The van der Waals surface area contributed by atoms with Gasteiger partial charge in [0.2, 0.25) is 5.36 Å². The normalized spacial score (nSPS) is 17.1. The molecule has 5 aliphatic rings. The van der Waals surface area contributed by atoms with Crippen LogP contribution in [0.2, 0.25) is 0 Å². The zero-order chi connectivity index (χ0) is 33.2. The lowest BCUT2D eigenvalue weighted by atomic mass is 9.82. The number of carbonyl (C=O) groups is 1. The van der Waals surface area contributed by atoms with Gasteiger partial charge in [-0.15, -0.1) is 0 Å². The van der Waals surface area contributed by atoms with Gasteiger partial charge in [0.05, 0.1) is 17.7 Å². The van der Waals surface area contributed by atoms with E-state index in [-0.39, 0.29) is 5.97 Å². The number of hydrogen-bond acceptors (Lipinski definition) is 4. The average Bonchev–Trinajstić information content (AvgIpc) is 3.14. The first-order valence-electron chi connectivity index (χ1n) is 19.9. The van der Waals surface area contributed by atoms with Crippen LogP contribution in [0.25, 0.3) is 5.57 Å². The maximum absolute atomic E-state index is 13.9. The third kappa shape index (κ3) is 6.32. The van der Waals surface area contributed by atoms with Gasteiger partial charge < -0.3 is 14.4 Å². The second kappa shape index (κ2) is 14.7. The maximum Gasteiger partial charge on any atom is 0.338 e. The van der Waals surface area contributed by atoms with E-state index in [0.29, 0.717) is 12.2 Å². The topological polar surface area (TPSA) is 41.8 Å². The van der Waals surface area contributed by atoms with Crippen molar-refractivity contribution in [2.45, 2.75) is 122 Å². The predicted molar refractivity (Wildman–Crippen MR) is 199 cm³/mol. The zero-order valence-electron chi connectivity index (χ0n) is 29.8. The summed E-state index contributed by atoms with van der Waals surface area (Å²) >= 11 is 0. The van der Waals surface area contributed by atoms with E-state index in [4.69, 9.17) is 9.47 Å². The van der Waals surface area contributed by atoms with Gasteiger partial charge in [0.15, 0.2) is 0 Å². The Kier molecular flexibility index (Phi) is 9.79. The molecule has 0 saturated carbocycles. The molecule has 0 fully saturated rings. The summed E-state index contributed by atoms with van der Waals surface area (Å²) in [4.78, 5) is 16.5. The van der Waals surface area contributed by atoms with E-state index >= 15 is 0 Å². The van der Waals surface area contributed by atoms with Gasteiger partial charge in [0.1, 0.15) is 24.6 Å². The predicted octanol–water partition coefficient (Wildman–Crippen LogP) is 8.20. The van der Waals surface area contributed by atoms with E-state index in [1.165, 1.54) is 97.5 Å². The minimum absolute atomic E-state index is 0.204. The minimum Gasteiger partial charge on any atom is -0.462 e. The lowest BCUT2D eigenvalue weighted by molar-refractivity contribution is 0.0497. The van der Waals surface area contributed by atoms with Crippen LogP contribution in [-0.4, -0.2) is 38.8 Å². The summed E-state index contributed by atoms with van der Waals surface area (Å²) in [5, 5.41) is 2.59. The number of carbonyl (C=O) groups excluding carboxylic acids is 1. The van der Waals surface area contributed by atoms with Crippen molar-refractivity contribution in [2.75, 3.05) is 37.7 Å². The SMILES string of the molecule is CCCCCCCCCCCCOC(=O)c1ccccc1C1=c2cc3c4c(c2Oc2c1cc1c5c2CCCN5CCC1)CCC[N+]=4CCC3. The Bertz CT molecular complexity index is 1850. The van der Waals surface area contributed by atoms with Crippen molar-refractivity contribution in [1.82, 2.24) is 4.58 Å². The van der Waals surface area contributed by atoms with E-state index < -0.39 is 0 Å².